The van der Waals surface area contributed by atoms with Gasteiger partial charge >= 0.3 is 0 Å². The molecule has 0 unspecified atom stereocenters. The summed E-state index contributed by atoms with van der Waals surface area (Å²) in [6.07, 6.45) is 1.84. The maximum atomic E-state index is 5.67. The minimum absolute atomic E-state index is 0.0737. The monoisotopic (exact) mass is 354 g/mol. The van der Waals surface area contributed by atoms with E-state index in [4.69, 9.17) is 4.74 Å². The molecule has 0 saturated carbocycles. The van der Waals surface area contributed by atoms with Gasteiger partial charge in [-0.25, -0.2) is 0 Å². The molecule has 9 heteroatoms. The van der Waals surface area contributed by atoms with Crippen molar-refractivity contribution < 1.29 is 4.74 Å². The molecule has 1 aromatic carbocycles. The van der Waals surface area contributed by atoms with Gasteiger partial charge in [-0.2, -0.15) is 20.1 Å². The van der Waals surface area contributed by atoms with Crippen molar-refractivity contribution in [2.45, 2.75) is 32.4 Å². The Morgan fingerprint density at radius 1 is 1.23 bits per heavy atom. The lowest BCUT2D eigenvalue weighted by Gasteiger charge is -2.16. The molecule has 136 valence electrons. The summed E-state index contributed by atoms with van der Waals surface area (Å²) in [5.41, 5.74) is 4.27. The van der Waals surface area contributed by atoms with Gasteiger partial charge in [-0.05, 0) is 35.4 Å². The van der Waals surface area contributed by atoms with E-state index in [0.29, 0.717) is 6.54 Å². The lowest BCUT2D eigenvalue weighted by atomic mass is 10.0. The van der Waals surface area contributed by atoms with Crippen LogP contribution in [-0.2, 0) is 11.3 Å². The molecule has 0 radical (unpaired) electrons. The molecule has 0 amide bonds. The fraction of sp³-hybridized carbons (Fsp3) is 0.471. The lowest BCUT2D eigenvalue weighted by Crippen LogP contribution is -2.24. The van der Waals surface area contributed by atoms with E-state index < -0.39 is 0 Å². The van der Waals surface area contributed by atoms with Crippen LogP contribution in [0.3, 0.4) is 0 Å². The molecule has 26 heavy (non-hydrogen) atoms. The Bertz CT molecular complexity index is 855. The zero-order valence-electron chi connectivity index (χ0n) is 15.1. The fourth-order valence-electron chi connectivity index (χ4n) is 3.71. The molecule has 1 N–H and O–H groups in total. The maximum Gasteiger partial charge on any atom is 0.170 e. The number of para-hydroxylation sites is 1. The molecule has 3 heterocycles. The highest BCUT2D eigenvalue weighted by Gasteiger charge is 2.36. The fourth-order valence-corrected chi connectivity index (χ4v) is 3.71. The van der Waals surface area contributed by atoms with Gasteiger partial charge in [0, 0.05) is 26.1 Å². The summed E-state index contributed by atoms with van der Waals surface area (Å²) in [7, 11) is 1.74. The van der Waals surface area contributed by atoms with Crippen LogP contribution in [0.15, 0.2) is 24.4 Å². The Hall–Kier alpha value is -2.65. The van der Waals surface area contributed by atoms with Crippen molar-refractivity contribution >= 4 is 0 Å². The van der Waals surface area contributed by atoms with E-state index >= 15 is 0 Å². The zero-order valence-corrected chi connectivity index (χ0v) is 15.1. The molecule has 3 aromatic rings. The first-order valence-corrected chi connectivity index (χ1v) is 8.62. The molecule has 2 aromatic heterocycles. The predicted molar refractivity (Wildman–Crippen MR) is 93.8 cm³/mol. The van der Waals surface area contributed by atoms with Gasteiger partial charge in [0.1, 0.15) is 0 Å². The van der Waals surface area contributed by atoms with E-state index in [1.165, 1.54) is 0 Å². The lowest BCUT2D eigenvalue weighted by molar-refractivity contribution is 0.0954. The number of likely N-dealkylation sites (tertiary alicyclic amines) is 1. The molecule has 0 bridgehead atoms. The van der Waals surface area contributed by atoms with Gasteiger partial charge in [0.05, 0.1) is 30.2 Å². The van der Waals surface area contributed by atoms with Crippen molar-refractivity contribution in [1.29, 1.82) is 0 Å². The minimum Gasteiger partial charge on any atom is -0.379 e. The Labute approximate surface area is 151 Å². The Morgan fingerprint density at radius 2 is 2.04 bits per heavy atom. The van der Waals surface area contributed by atoms with E-state index in [9.17, 15) is 0 Å². The van der Waals surface area contributed by atoms with Gasteiger partial charge < -0.3 is 4.74 Å². The summed E-state index contributed by atoms with van der Waals surface area (Å²) < 4.78 is 7.51. The van der Waals surface area contributed by atoms with Crippen molar-refractivity contribution in [3.8, 4) is 5.69 Å². The van der Waals surface area contributed by atoms with Crippen LogP contribution in [0, 0.1) is 13.8 Å². The summed E-state index contributed by atoms with van der Waals surface area (Å²) in [6, 6.07) is 6.20. The van der Waals surface area contributed by atoms with Crippen LogP contribution in [0.4, 0.5) is 0 Å². The first-order chi connectivity index (χ1) is 12.7. The third-order valence-corrected chi connectivity index (χ3v) is 5.01. The van der Waals surface area contributed by atoms with Gasteiger partial charge in [-0.15, -0.1) is 5.10 Å². The first-order valence-electron chi connectivity index (χ1n) is 8.62. The van der Waals surface area contributed by atoms with Gasteiger partial charge in [0.25, 0.3) is 0 Å². The number of methoxy groups -OCH3 is 1. The highest BCUT2D eigenvalue weighted by Crippen LogP contribution is 2.29. The number of ether oxygens (including phenoxy) is 1. The maximum absolute atomic E-state index is 5.67. The Morgan fingerprint density at radius 3 is 2.73 bits per heavy atom. The second kappa shape index (κ2) is 6.93. The molecule has 9 nitrogen and oxygen atoms in total. The van der Waals surface area contributed by atoms with Gasteiger partial charge in [0.15, 0.2) is 5.82 Å². The number of aromatic nitrogens is 7. The van der Waals surface area contributed by atoms with Crippen molar-refractivity contribution in [3.63, 3.8) is 0 Å². The molecule has 1 aliphatic rings. The molecule has 4 rings (SSSR count). The molecule has 2 atom stereocenters. The average molecular weight is 354 g/mol. The number of hydrogen-bond acceptors (Lipinski definition) is 7. The van der Waals surface area contributed by atoms with E-state index in [0.717, 1.165) is 41.4 Å². The molecule has 1 saturated heterocycles. The van der Waals surface area contributed by atoms with Crippen LogP contribution >= 0.6 is 0 Å². The van der Waals surface area contributed by atoms with Crippen molar-refractivity contribution in [3.05, 3.63) is 47.0 Å². The minimum atomic E-state index is 0.0737. The largest absolute Gasteiger partial charge is 0.379 e. The van der Waals surface area contributed by atoms with Crippen molar-refractivity contribution in [2.24, 2.45) is 0 Å². The molecule has 1 fully saturated rings. The SMILES string of the molecule is CO[C@@H]1CN(Cc2nnnn2-c2c(C)cccc2C)C[C@H]1c1cn[nH]n1. The second-order valence-corrected chi connectivity index (χ2v) is 6.72. The topological polar surface area (TPSA) is 97.6 Å². The number of benzene rings is 1. The van der Waals surface area contributed by atoms with Crippen LogP contribution in [0.1, 0.15) is 28.6 Å². The Balaban J connectivity index is 1.57. The van der Waals surface area contributed by atoms with Gasteiger partial charge in [-0.3, -0.25) is 4.90 Å². The summed E-state index contributed by atoms with van der Waals surface area (Å²) in [5.74, 6) is 1.00. The average Bonchev–Trinajstić information content (AvgIpc) is 3.35. The number of rotatable bonds is 5. The first kappa shape index (κ1) is 16.8. The summed E-state index contributed by atoms with van der Waals surface area (Å²) in [4.78, 5) is 2.29. The van der Waals surface area contributed by atoms with Crippen molar-refractivity contribution in [2.75, 3.05) is 20.2 Å². The summed E-state index contributed by atoms with van der Waals surface area (Å²) in [5, 5.41) is 23.2. The third-order valence-electron chi connectivity index (χ3n) is 5.01. The number of aromatic amines is 1. The molecule has 0 spiro atoms. The zero-order chi connectivity index (χ0) is 18.1. The van der Waals surface area contributed by atoms with Crippen LogP contribution in [0.2, 0.25) is 0 Å². The van der Waals surface area contributed by atoms with Crippen LogP contribution in [-0.4, -0.2) is 66.8 Å². The molecular weight excluding hydrogens is 332 g/mol. The quantitative estimate of drug-likeness (QED) is 0.730. The summed E-state index contributed by atoms with van der Waals surface area (Å²) >= 11 is 0. The smallest absolute Gasteiger partial charge is 0.170 e. The standard InChI is InChI=1S/C17H22N8O/c1-11-5-4-6-12(2)17(11)25-16(20-22-23-25)10-24-8-13(15(9-24)26-3)14-7-18-21-19-14/h4-7,13,15H,8-10H2,1-3H3,(H,18,19,21)/t13-,15+/m0/s1. The van der Waals surface area contributed by atoms with Crippen LogP contribution in [0.25, 0.3) is 5.69 Å². The van der Waals surface area contributed by atoms with E-state index in [-0.39, 0.29) is 12.0 Å². The molecule has 1 aliphatic heterocycles. The highest BCUT2D eigenvalue weighted by atomic mass is 16.5. The summed E-state index contributed by atoms with van der Waals surface area (Å²) in [6.45, 7) is 6.42. The van der Waals surface area contributed by atoms with E-state index in [1.807, 2.05) is 10.7 Å². The van der Waals surface area contributed by atoms with E-state index in [2.05, 4.69) is 61.8 Å². The van der Waals surface area contributed by atoms with Crippen LogP contribution < -0.4 is 0 Å². The number of tetrazole rings is 1. The third kappa shape index (κ3) is 2.99. The van der Waals surface area contributed by atoms with E-state index in [1.54, 1.807) is 13.3 Å². The van der Waals surface area contributed by atoms with Crippen molar-refractivity contribution in [1.82, 2.24) is 40.5 Å². The molecule has 0 aliphatic carbocycles. The highest BCUT2D eigenvalue weighted by molar-refractivity contribution is 5.46. The number of hydrogen-bond donors (Lipinski definition) is 1. The number of nitrogens with zero attached hydrogens (tertiary/aromatic N) is 7. The normalized spacial score (nSPS) is 20.7. The van der Waals surface area contributed by atoms with Gasteiger partial charge in [-0.1, -0.05) is 18.2 Å². The number of nitrogens with one attached hydrogen (secondary N) is 1. The van der Waals surface area contributed by atoms with Crippen LogP contribution in [0.5, 0.6) is 0 Å². The van der Waals surface area contributed by atoms with Gasteiger partial charge in [0.2, 0.25) is 0 Å². The number of H-pyrrole nitrogens is 1. The second-order valence-electron chi connectivity index (χ2n) is 6.72. The molecular formula is C17H22N8O. The number of aryl methyl sites for hydroxylation is 2. The predicted octanol–water partition coefficient (Wildman–Crippen LogP) is 1.01. The Kier molecular flexibility index (Phi) is 4.48.